The molecule has 0 saturated carbocycles. The van der Waals surface area contributed by atoms with Crippen LogP contribution in [0.15, 0.2) is 35.7 Å². The van der Waals surface area contributed by atoms with Crippen LogP contribution >= 0.6 is 11.3 Å². The molecule has 0 bridgehead atoms. The second-order valence-corrected chi connectivity index (χ2v) is 6.14. The second-order valence-electron chi connectivity index (χ2n) is 5.16. The Labute approximate surface area is 123 Å². The fourth-order valence-corrected chi connectivity index (χ4v) is 3.36. The quantitative estimate of drug-likeness (QED) is 0.936. The van der Waals surface area contributed by atoms with Crippen LogP contribution in [-0.4, -0.2) is 24.4 Å². The van der Waals surface area contributed by atoms with Crippen molar-refractivity contribution in [2.45, 2.75) is 19.4 Å². The molecule has 1 aliphatic rings. The van der Waals surface area contributed by atoms with Gasteiger partial charge in [-0.2, -0.15) is 0 Å². The van der Waals surface area contributed by atoms with Gasteiger partial charge in [0.05, 0.1) is 6.04 Å². The summed E-state index contributed by atoms with van der Waals surface area (Å²) in [6.07, 6.45) is 1.00. The van der Waals surface area contributed by atoms with Crippen LogP contribution < -0.4 is 5.32 Å². The molecule has 1 aromatic heterocycles. The van der Waals surface area contributed by atoms with Gasteiger partial charge in [-0.1, -0.05) is 6.07 Å². The van der Waals surface area contributed by atoms with Crippen LogP contribution in [0.4, 0.5) is 5.69 Å². The van der Waals surface area contributed by atoms with E-state index >= 15 is 0 Å². The molecule has 3 nitrogen and oxygen atoms in total. The summed E-state index contributed by atoms with van der Waals surface area (Å²) in [5.41, 5.74) is 3.18. The maximum Gasteiger partial charge on any atom is 0.254 e. The lowest BCUT2D eigenvalue weighted by molar-refractivity contribution is 0.0745. The molecule has 1 aromatic carbocycles. The van der Waals surface area contributed by atoms with Crippen molar-refractivity contribution in [3.05, 3.63) is 51.7 Å². The molecule has 1 N–H and O–H groups in total. The van der Waals surface area contributed by atoms with E-state index in [0.29, 0.717) is 0 Å². The van der Waals surface area contributed by atoms with Crippen molar-refractivity contribution in [3.8, 4) is 0 Å². The Morgan fingerprint density at radius 3 is 3.00 bits per heavy atom. The minimum absolute atomic E-state index is 0.0839. The molecule has 4 heteroatoms. The topological polar surface area (TPSA) is 32.3 Å². The molecule has 1 amide bonds. The Morgan fingerprint density at radius 1 is 1.40 bits per heavy atom. The normalized spacial score (nSPS) is 14.5. The van der Waals surface area contributed by atoms with E-state index in [1.165, 1.54) is 10.4 Å². The lowest BCUT2D eigenvalue weighted by Crippen LogP contribution is -2.29. The van der Waals surface area contributed by atoms with E-state index in [4.69, 9.17) is 0 Å². The number of rotatable bonds is 3. The maximum atomic E-state index is 12.6. The van der Waals surface area contributed by atoms with E-state index in [9.17, 15) is 4.79 Å². The van der Waals surface area contributed by atoms with Gasteiger partial charge in [-0.05, 0) is 48.6 Å². The van der Waals surface area contributed by atoms with Crippen LogP contribution in [0, 0.1) is 0 Å². The Kier molecular flexibility index (Phi) is 3.49. The molecule has 3 rings (SSSR count). The van der Waals surface area contributed by atoms with Gasteiger partial charge in [-0.15, -0.1) is 11.3 Å². The van der Waals surface area contributed by atoms with E-state index in [1.807, 2.05) is 41.6 Å². The lowest BCUT2D eigenvalue weighted by Gasteiger charge is -2.24. The van der Waals surface area contributed by atoms with Crippen molar-refractivity contribution in [3.63, 3.8) is 0 Å². The predicted octanol–water partition coefficient (Wildman–Crippen LogP) is 3.55. The minimum Gasteiger partial charge on any atom is -0.384 e. The largest absolute Gasteiger partial charge is 0.384 e. The average molecular weight is 286 g/mol. The maximum absolute atomic E-state index is 12.6. The van der Waals surface area contributed by atoms with E-state index < -0.39 is 0 Å². The van der Waals surface area contributed by atoms with Gasteiger partial charge in [0.15, 0.2) is 0 Å². The fourth-order valence-electron chi connectivity index (χ4n) is 2.54. The average Bonchev–Trinajstić information content (AvgIpc) is 3.14. The number of amides is 1. The van der Waals surface area contributed by atoms with Crippen molar-refractivity contribution in [1.82, 2.24) is 4.90 Å². The first-order valence-electron chi connectivity index (χ1n) is 6.84. The van der Waals surface area contributed by atoms with Crippen molar-refractivity contribution in [1.29, 1.82) is 0 Å². The van der Waals surface area contributed by atoms with Crippen LogP contribution in [0.25, 0.3) is 0 Å². The van der Waals surface area contributed by atoms with Crippen LogP contribution in [0.1, 0.15) is 33.8 Å². The zero-order valence-electron chi connectivity index (χ0n) is 11.7. The van der Waals surface area contributed by atoms with Crippen molar-refractivity contribution >= 4 is 22.9 Å². The van der Waals surface area contributed by atoms with Crippen molar-refractivity contribution in [2.24, 2.45) is 0 Å². The summed E-state index contributed by atoms with van der Waals surface area (Å²) in [6, 6.07) is 10.2. The van der Waals surface area contributed by atoms with E-state index in [-0.39, 0.29) is 11.9 Å². The van der Waals surface area contributed by atoms with Crippen LogP contribution in [0.2, 0.25) is 0 Å². The second kappa shape index (κ2) is 5.29. The monoisotopic (exact) mass is 286 g/mol. The summed E-state index contributed by atoms with van der Waals surface area (Å²) in [5.74, 6) is 0.0839. The van der Waals surface area contributed by atoms with Gasteiger partial charge in [-0.3, -0.25) is 4.79 Å². The molecule has 2 heterocycles. The standard InChI is InChI=1S/C16H18N2OS/c1-11(15-4-3-9-20-15)18(2)16(19)13-5-6-14-12(10-13)7-8-17-14/h3-6,9-11,17H,7-8H2,1-2H3. The summed E-state index contributed by atoms with van der Waals surface area (Å²) in [6.45, 7) is 3.03. The number of thiophene rings is 1. The third kappa shape index (κ3) is 2.31. The minimum atomic E-state index is 0.0839. The number of hydrogen-bond donors (Lipinski definition) is 1. The van der Waals surface area contributed by atoms with Gasteiger partial charge in [-0.25, -0.2) is 0 Å². The smallest absolute Gasteiger partial charge is 0.254 e. The van der Waals surface area contributed by atoms with Gasteiger partial charge >= 0.3 is 0 Å². The van der Waals surface area contributed by atoms with Crippen LogP contribution in [0.5, 0.6) is 0 Å². The highest BCUT2D eigenvalue weighted by molar-refractivity contribution is 7.10. The van der Waals surface area contributed by atoms with Crippen molar-refractivity contribution < 1.29 is 4.79 Å². The number of fused-ring (bicyclic) bond motifs is 1. The predicted molar refractivity (Wildman–Crippen MR) is 83.5 cm³/mol. The number of anilines is 1. The van der Waals surface area contributed by atoms with Crippen LogP contribution in [-0.2, 0) is 6.42 Å². The molecule has 104 valence electrons. The molecule has 0 saturated heterocycles. The number of carbonyl (C=O) groups is 1. The molecular formula is C16H18N2OS. The molecule has 1 aliphatic heterocycles. The molecule has 20 heavy (non-hydrogen) atoms. The molecule has 1 atom stereocenters. The number of nitrogens with zero attached hydrogens (tertiary/aromatic N) is 1. The Morgan fingerprint density at radius 2 is 2.25 bits per heavy atom. The van der Waals surface area contributed by atoms with Crippen molar-refractivity contribution in [2.75, 3.05) is 18.9 Å². The Balaban J connectivity index is 1.81. The Hall–Kier alpha value is -1.81. The van der Waals surface area contributed by atoms with Crippen LogP contribution in [0.3, 0.4) is 0 Å². The summed E-state index contributed by atoms with van der Waals surface area (Å²) < 4.78 is 0. The first-order chi connectivity index (χ1) is 9.66. The number of hydrogen-bond acceptors (Lipinski definition) is 3. The molecular weight excluding hydrogens is 268 g/mol. The molecule has 0 fully saturated rings. The summed E-state index contributed by atoms with van der Waals surface area (Å²) >= 11 is 1.69. The highest BCUT2D eigenvalue weighted by Gasteiger charge is 2.21. The summed E-state index contributed by atoms with van der Waals surface area (Å²) in [7, 11) is 1.87. The third-order valence-electron chi connectivity index (χ3n) is 3.92. The number of nitrogens with one attached hydrogen (secondary N) is 1. The zero-order valence-corrected chi connectivity index (χ0v) is 12.5. The van der Waals surface area contributed by atoms with Gasteiger partial charge in [0.2, 0.25) is 0 Å². The zero-order chi connectivity index (χ0) is 14.1. The molecule has 0 aliphatic carbocycles. The van der Waals surface area contributed by atoms with E-state index in [1.54, 1.807) is 11.3 Å². The number of benzene rings is 1. The first kappa shape index (κ1) is 13.2. The van der Waals surface area contributed by atoms with Gasteiger partial charge < -0.3 is 10.2 Å². The fraction of sp³-hybridized carbons (Fsp3) is 0.312. The molecule has 0 radical (unpaired) electrons. The van der Waals surface area contributed by atoms with Gasteiger partial charge in [0.25, 0.3) is 5.91 Å². The highest BCUT2D eigenvalue weighted by atomic mass is 32.1. The van der Waals surface area contributed by atoms with E-state index in [2.05, 4.69) is 18.3 Å². The van der Waals surface area contributed by atoms with E-state index in [0.717, 1.165) is 24.2 Å². The third-order valence-corrected chi connectivity index (χ3v) is 4.96. The SMILES string of the molecule is CC(c1cccs1)N(C)C(=O)c1ccc2c(c1)CCN2. The highest BCUT2D eigenvalue weighted by Crippen LogP contribution is 2.27. The van der Waals surface area contributed by atoms with Gasteiger partial charge in [0, 0.05) is 29.7 Å². The number of carbonyl (C=O) groups excluding carboxylic acids is 1. The summed E-state index contributed by atoms with van der Waals surface area (Å²) in [5, 5.41) is 5.36. The Bertz CT molecular complexity index is 621. The molecule has 0 spiro atoms. The molecule has 2 aromatic rings. The molecule has 1 unspecified atom stereocenters. The lowest BCUT2D eigenvalue weighted by atomic mass is 10.1. The summed E-state index contributed by atoms with van der Waals surface area (Å²) in [4.78, 5) is 15.6. The van der Waals surface area contributed by atoms with Gasteiger partial charge in [0.1, 0.15) is 0 Å². The first-order valence-corrected chi connectivity index (χ1v) is 7.72.